The Morgan fingerprint density at radius 1 is 1.18 bits per heavy atom. The van der Waals surface area contributed by atoms with Crippen LogP contribution in [0, 0.1) is 6.92 Å². The molecule has 0 radical (unpaired) electrons. The second-order valence-electron chi connectivity index (χ2n) is 8.23. The number of anilines is 2. The fourth-order valence-corrected chi connectivity index (χ4v) is 4.03. The number of benzene rings is 2. The molecule has 2 aliphatic heterocycles. The van der Waals surface area contributed by atoms with Crippen molar-refractivity contribution in [3.05, 3.63) is 82.7 Å². The number of imide groups is 1. The highest BCUT2D eigenvalue weighted by molar-refractivity contribution is 6.31. The molecule has 4 amide bonds. The summed E-state index contributed by atoms with van der Waals surface area (Å²) in [4.78, 5) is 51.0. The third-order valence-electron chi connectivity index (χ3n) is 5.61. The van der Waals surface area contributed by atoms with Crippen LogP contribution in [0.4, 0.5) is 11.4 Å². The predicted octanol–water partition coefficient (Wildman–Crippen LogP) is 3.29. The van der Waals surface area contributed by atoms with Gasteiger partial charge in [-0.15, -0.1) is 0 Å². The molecule has 1 fully saturated rings. The number of carbonyl (C=O) groups is 4. The summed E-state index contributed by atoms with van der Waals surface area (Å²) >= 11 is 6.11. The lowest BCUT2D eigenvalue weighted by Crippen LogP contribution is -2.52. The van der Waals surface area contributed by atoms with Crippen LogP contribution in [0.3, 0.4) is 0 Å². The molecule has 0 bridgehead atoms. The summed E-state index contributed by atoms with van der Waals surface area (Å²) in [7, 11) is 0. The molecule has 3 N–H and O–H groups in total. The molecule has 4 rings (SSSR count). The monoisotopic (exact) mass is 478 g/mol. The first-order valence-corrected chi connectivity index (χ1v) is 11.1. The molecular formula is C25H23ClN4O4. The maximum absolute atomic E-state index is 12.9. The quantitative estimate of drug-likeness (QED) is 0.552. The molecule has 0 aromatic heterocycles. The SMILES string of the molecule is C=C1CCC(N2C(=O)C=C(Nc3cccc(CC(=O)Nc4ccc(C)c(Cl)c4)c3)C2=O)C(=O)N1. The van der Waals surface area contributed by atoms with Gasteiger partial charge in [0.2, 0.25) is 11.8 Å². The normalized spacial score (nSPS) is 18.0. The van der Waals surface area contributed by atoms with Crippen LogP contribution in [0.15, 0.2) is 66.5 Å². The summed E-state index contributed by atoms with van der Waals surface area (Å²) in [5.74, 6) is -1.76. The molecular weight excluding hydrogens is 456 g/mol. The Labute approximate surface area is 201 Å². The van der Waals surface area contributed by atoms with Gasteiger partial charge in [-0.1, -0.05) is 36.4 Å². The van der Waals surface area contributed by atoms with Gasteiger partial charge in [-0.3, -0.25) is 24.1 Å². The van der Waals surface area contributed by atoms with E-state index >= 15 is 0 Å². The zero-order valence-corrected chi connectivity index (χ0v) is 19.2. The summed E-state index contributed by atoms with van der Waals surface area (Å²) in [6.45, 7) is 5.59. The molecule has 0 spiro atoms. The van der Waals surface area contributed by atoms with Crippen molar-refractivity contribution >= 4 is 46.6 Å². The second-order valence-corrected chi connectivity index (χ2v) is 8.64. The van der Waals surface area contributed by atoms with Crippen molar-refractivity contribution in [3.63, 3.8) is 0 Å². The first-order valence-electron chi connectivity index (χ1n) is 10.7. The minimum atomic E-state index is -0.869. The van der Waals surface area contributed by atoms with E-state index in [2.05, 4.69) is 22.5 Å². The maximum atomic E-state index is 12.9. The van der Waals surface area contributed by atoms with E-state index in [0.29, 0.717) is 40.5 Å². The first-order chi connectivity index (χ1) is 16.2. The lowest BCUT2D eigenvalue weighted by molar-refractivity contribution is -0.146. The summed E-state index contributed by atoms with van der Waals surface area (Å²) < 4.78 is 0. The highest BCUT2D eigenvalue weighted by atomic mass is 35.5. The van der Waals surface area contributed by atoms with Gasteiger partial charge in [0.05, 0.1) is 6.42 Å². The summed E-state index contributed by atoms with van der Waals surface area (Å²) in [6.07, 6.45) is 2.11. The van der Waals surface area contributed by atoms with Crippen molar-refractivity contribution < 1.29 is 19.2 Å². The number of nitrogens with zero attached hydrogens (tertiary/aromatic N) is 1. The predicted molar refractivity (Wildman–Crippen MR) is 129 cm³/mol. The van der Waals surface area contributed by atoms with Crippen molar-refractivity contribution in [2.24, 2.45) is 0 Å². The molecule has 0 aliphatic carbocycles. The van der Waals surface area contributed by atoms with E-state index in [0.717, 1.165) is 10.5 Å². The molecule has 2 aliphatic rings. The van der Waals surface area contributed by atoms with Crippen molar-refractivity contribution in [1.29, 1.82) is 0 Å². The van der Waals surface area contributed by atoms with E-state index in [1.165, 1.54) is 6.08 Å². The van der Waals surface area contributed by atoms with Gasteiger partial charge in [0.1, 0.15) is 11.7 Å². The number of halogens is 1. The Balaban J connectivity index is 1.40. The van der Waals surface area contributed by atoms with Crippen molar-refractivity contribution in [1.82, 2.24) is 10.2 Å². The molecule has 1 atom stereocenters. The number of amides is 4. The molecule has 1 saturated heterocycles. The number of carbonyl (C=O) groups excluding carboxylic acids is 4. The standard InChI is InChI=1S/C25H23ClN4O4/c1-14-6-8-18(12-19(14)26)29-22(31)11-16-4-3-5-17(10-16)28-20-13-23(32)30(25(20)34)21-9-7-15(2)27-24(21)33/h3-6,8,10,12-13,21,28H,2,7,9,11H2,1H3,(H,27,33)(H,29,31). The number of aryl methyl sites for hydroxylation is 1. The molecule has 2 aromatic rings. The maximum Gasteiger partial charge on any atom is 0.278 e. The van der Waals surface area contributed by atoms with E-state index in [9.17, 15) is 19.2 Å². The van der Waals surface area contributed by atoms with Gasteiger partial charge in [-0.25, -0.2) is 0 Å². The Morgan fingerprint density at radius 3 is 2.71 bits per heavy atom. The van der Waals surface area contributed by atoms with E-state index in [1.54, 1.807) is 36.4 Å². The van der Waals surface area contributed by atoms with Gasteiger partial charge in [0, 0.05) is 28.2 Å². The number of allylic oxidation sites excluding steroid dienone is 1. The lowest BCUT2D eigenvalue weighted by Gasteiger charge is -2.29. The van der Waals surface area contributed by atoms with Crippen molar-refractivity contribution in [2.45, 2.75) is 32.2 Å². The van der Waals surface area contributed by atoms with Crippen LogP contribution in [0.25, 0.3) is 0 Å². The van der Waals surface area contributed by atoms with E-state index in [-0.39, 0.29) is 18.0 Å². The van der Waals surface area contributed by atoms with Crippen LogP contribution in [-0.4, -0.2) is 34.6 Å². The van der Waals surface area contributed by atoms with Crippen LogP contribution in [0.1, 0.15) is 24.0 Å². The van der Waals surface area contributed by atoms with Gasteiger partial charge in [-0.05, 0) is 55.2 Å². The number of piperidine rings is 1. The number of nitrogens with one attached hydrogen (secondary N) is 3. The lowest BCUT2D eigenvalue weighted by atomic mass is 10.0. The molecule has 2 heterocycles. The van der Waals surface area contributed by atoms with Crippen molar-refractivity contribution in [2.75, 3.05) is 10.6 Å². The van der Waals surface area contributed by atoms with E-state index in [4.69, 9.17) is 11.6 Å². The summed E-state index contributed by atoms with van der Waals surface area (Å²) in [6, 6.07) is 11.4. The zero-order valence-electron chi connectivity index (χ0n) is 18.5. The van der Waals surface area contributed by atoms with Gasteiger partial charge in [0.15, 0.2) is 0 Å². The minimum Gasteiger partial charge on any atom is -0.351 e. The third-order valence-corrected chi connectivity index (χ3v) is 6.02. The smallest absolute Gasteiger partial charge is 0.278 e. The van der Waals surface area contributed by atoms with Gasteiger partial charge >= 0.3 is 0 Å². The van der Waals surface area contributed by atoms with Crippen LogP contribution < -0.4 is 16.0 Å². The molecule has 0 saturated carbocycles. The fourth-order valence-electron chi connectivity index (χ4n) is 3.85. The topological polar surface area (TPSA) is 108 Å². The molecule has 174 valence electrons. The number of hydrogen-bond donors (Lipinski definition) is 3. The van der Waals surface area contributed by atoms with Crippen LogP contribution in [0.5, 0.6) is 0 Å². The molecule has 34 heavy (non-hydrogen) atoms. The number of rotatable bonds is 6. The van der Waals surface area contributed by atoms with Crippen LogP contribution >= 0.6 is 11.6 Å². The molecule has 1 unspecified atom stereocenters. The Bertz CT molecular complexity index is 1250. The first kappa shape index (κ1) is 23.3. The van der Waals surface area contributed by atoms with Crippen LogP contribution in [0.2, 0.25) is 5.02 Å². The second kappa shape index (κ2) is 9.52. The Kier molecular flexibility index (Phi) is 6.51. The summed E-state index contributed by atoms with van der Waals surface area (Å²) in [5.41, 5.74) is 3.40. The zero-order chi connectivity index (χ0) is 24.4. The van der Waals surface area contributed by atoms with Gasteiger partial charge < -0.3 is 16.0 Å². The van der Waals surface area contributed by atoms with Gasteiger partial charge in [-0.2, -0.15) is 0 Å². The minimum absolute atomic E-state index is 0.0677. The summed E-state index contributed by atoms with van der Waals surface area (Å²) in [5, 5.41) is 8.91. The number of hydrogen-bond acceptors (Lipinski definition) is 5. The Morgan fingerprint density at radius 2 is 1.97 bits per heavy atom. The molecule has 2 aromatic carbocycles. The molecule has 9 heteroatoms. The van der Waals surface area contributed by atoms with E-state index in [1.807, 2.05) is 13.0 Å². The van der Waals surface area contributed by atoms with E-state index < -0.39 is 23.8 Å². The molecule has 8 nitrogen and oxygen atoms in total. The van der Waals surface area contributed by atoms with Crippen LogP contribution in [-0.2, 0) is 25.6 Å². The largest absolute Gasteiger partial charge is 0.351 e. The average molecular weight is 479 g/mol. The highest BCUT2D eigenvalue weighted by Gasteiger charge is 2.41. The Hall–Kier alpha value is -3.91. The highest BCUT2D eigenvalue weighted by Crippen LogP contribution is 2.25. The van der Waals surface area contributed by atoms with Gasteiger partial charge in [0.25, 0.3) is 11.8 Å². The fraction of sp³-hybridized carbons (Fsp3) is 0.200. The average Bonchev–Trinajstić information content (AvgIpc) is 3.04. The third kappa shape index (κ3) is 5.02. The van der Waals surface area contributed by atoms with Crippen molar-refractivity contribution in [3.8, 4) is 0 Å².